The van der Waals surface area contributed by atoms with Crippen molar-refractivity contribution in [3.63, 3.8) is 0 Å². The number of aromatic nitrogens is 2. The van der Waals surface area contributed by atoms with E-state index in [2.05, 4.69) is 22.5 Å². The van der Waals surface area contributed by atoms with Crippen LogP contribution in [0.25, 0.3) is 0 Å². The second-order valence-corrected chi connectivity index (χ2v) is 5.67. The van der Waals surface area contributed by atoms with Crippen molar-refractivity contribution in [3.05, 3.63) is 64.1 Å². The topological polar surface area (TPSA) is 73.2 Å². The van der Waals surface area contributed by atoms with E-state index in [-0.39, 0.29) is 23.2 Å². The fraction of sp³-hybridized carbons (Fsp3) is 0.389. The molecule has 1 amide bonds. The van der Waals surface area contributed by atoms with Gasteiger partial charge in [0.25, 0.3) is 11.5 Å². The molecule has 6 nitrogen and oxygen atoms in total. The molecule has 0 aliphatic heterocycles. The van der Waals surface area contributed by atoms with E-state index in [1.807, 2.05) is 25.1 Å². The smallest absolute Gasteiger partial charge is 0.271 e. The Morgan fingerprint density at radius 3 is 2.71 bits per heavy atom. The maximum atomic E-state index is 12.3. The molecule has 1 aromatic heterocycles. The van der Waals surface area contributed by atoms with Gasteiger partial charge in [0.2, 0.25) is 0 Å². The predicted octanol–water partition coefficient (Wildman–Crippen LogP) is 1.64. The standard InChI is InChI=1S/C18H23N3O3/c1-14(8-9-15-6-4-3-5-7-15)19-18(23)16-10-11-17(22)21(20-16)12-13-24-2/h3-7,10-11,14H,8-9,12-13H2,1-2H3,(H,19,23)/t14-/m0/s1. The highest BCUT2D eigenvalue weighted by molar-refractivity contribution is 5.92. The van der Waals surface area contributed by atoms with Crippen LogP contribution in [0.3, 0.4) is 0 Å². The number of aryl methyl sites for hydroxylation is 1. The second kappa shape index (κ2) is 8.98. The molecule has 0 aliphatic rings. The summed E-state index contributed by atoms with van der Waals surface area (Å²) < 4.78 is 6.18. The Bertz CT molecular complexity index is 713. The van der Waals surface area contributed by atoms with Gasteiger partial charge >= 0.3 is 0 Å². The summed E-state index contributed by atoms with van der Waals surface area (Å²) in [6, 6.07) is 13.0. The largest absolute Gasteiger partial charge is 0.383 e. The van der Waals surface area contributed by atoms with E-state index in [9.17, 15) is 9.59 Å². The van der Waals surface area contributed by atoms with E-state index in [0.29, 0.717) is 13.2 Å². The van der Waals surface area contributed by atoms with Gasteiger partial charge in [-0.1, -0.05) is 30.3 Å². The summed E-state index contributed by atoms with van der Waals surface area (Å²) in [6.45, 7) is 2.65. The zero-order valence-electron chi connectivity index (χ0n) is 14.1. The quantitative estimate of drug-likeness (QED) is 0.799. The lowest BCUT2D eigenvalue weighted by Gasteiger charge is -2.14. The van der Waals surface area contributed by atoms with Gasteiger partial charge in [-0.25, -0.2) is 4.68 Å². The molecule has 0 fully saturated rings. The number of amides is 1. The maximum Gasteiger partial charge on any atom is 0.271 e. The van der Waals surface area contributed by atoms with Crippen LogP contribution in [0.4, 0.5) is 0 Å². The molecule has 1 aromatic carbocycles. The molecule has 24 heavy (non-hydrogen) atoms. The summed E-state index contributed by atoms with van der Waals surface area (Å²) in [7, 11) is 1.55. The number of nitrogens with one attached hydrogen (secondary N) is 1. The molecular formula is C18H23N3O3. The van der Waals surface area contributed by atoms with Crippen LogP contribution < -0.4 is 10.9 Å². The van der Waals surface area contributed by atoms with Crippen molar-refractivity contribution in [3.8, 4) is 0 Å². The third kappa shape index (κ3) is 5.31. The maximum absolute atomic E-state index is 12.3. The lowest BCUT2D eigenvalue weighted by atomic mass is 10.1. The van der Waals surface area contributed by atoms with E-state index in [1.54, 1.807) is 7.11 Å². The summed E-state index contributed by atoms with van der Waals surface area (Å²) in [6.07, 6.45) is 1.72. The molecule has 2 rings (SSSR count). The average molecular weight is 329 g/mol. The van der Waals surface area contributed by atoms with Crippen molar-refractivity contribution >= 4 is 5.91 Å². The molecule has 0 unspecified atom stereocenters. The van der Waals surface area contributed by atoms with Gasteiger partial charge in [-0.3, -0.25) is 9.59 Å². The lowest BCUT2D eigenvalue weighted by molar-refractivity contribution is 0.0929. The summed E-state index contributed by atoms with van der Waals surface area (Å²) in [5.74, 6) is -0.276. The number of benzene rings is 1. The number of hydrogen-bond donors (Lipinski definition) is 1. The molecule has 0 saturated carbocycles. The lowest BCUT2D eigenvalue weighted by Crippen LogP contribution is -2.35. The van der Waals surface area contributed by atoms with Crippen LogP contribution in [0.2, 0.25) is 0 Å². The van der Waals surface area contributed by atoms with Crippen LogP contribution in [0, 0.1) is 0 Å². The number of ether oxygens (including phenoxy) is 1. The first-order chi connectivity index (χ1) is 11.6. The molecule has 6 heteroatoms. The van der Waals surface area contributed by atoms with Crippen LogP contribution in [0.15, 0.2) is 47.3 Å². The molecule has 1 N–H and O–H groups in total. The van der Waals surface area contributed by atoms with Gasteiger partial charge in [0.05, 0.1) is 13.2 Å². The van der Waals surface area contributed by atoms with E-state index in [0.717, 1.165) is 12.8 Å². The minimum atomic E-state index is -0.276. The second-order valence-electron chi connectivity index (χ2n) is 5.67. The third-order valence-electron chi connectivity index (χ3n) is 3.69. The van der Waals surface area contributed by atoms with Crippen molar-refractivity contribution in [1.29, 1.82) is 0 Å². The Kier molecular flexibility index (Phi) is 6.69. The Hall–Kier alpha value is -2.47. The van der Waals surface area contributed by atoms with Crippen LogP contribution in [0.5, 0.6) is 0 Å². The van der Waals surface area contributed by atoms with Gasteiger partial charge < -0.3 is 10.1 Å². The zero-order chi connectivity index (χ0) is 17.4. The molecule has 128 valence electrons. The molecule has 0 aliphatic carbocycles. The fourth-order valence-corrected chi connectivity index (χ4v) is 2.31. The Labute approximate surface area is 141 Å². The third-order valence-corrected chi connectivity index (χ3v) is 3.69. The minimum Gasteiger partial charge on any atom is -0.383 e. The first-order valence-electron chi connectivity index (χ1n) is 8.02. The zero-order valence-corrected chi connectivity index (χ0v) is 14.1. The monoisotopic (exact) mass is 329 g/mol. The Morgan fingerprint density at radius 2 is 2.00 bits per heavy atom. The van der Waals surface area contributed by atoms with Gasteiger partial charge in [0, 0.05) is 19.2 Å². The van der Waals surface area contributed by atoms with Crippen molar-refractivity contribution in [2.45, 2.75) is 32.4 Å². The van der Waals surface area contributed by atoms with Gasteiger partial charge in [0.1, 0.15) is 5.69 Å². The van der Waals surface area contributed by atoms with Gasteiger partial charge in [-0.2, -0.15) is 5.10 Å². The first kappa shape index (κ1) is 17.9. The van der Waals surface area contributed by atoms with Gasteiger partial charge in [-0.15, -0.1) is 0 Å². The van der Waals surface area contributed by atoms with Crippen LogP contribution >= 0.6 is 0 Å². The number of carbonyl (C=O) groups excluding carboxylic acids is 1. The first-order valence-corrected chi connectivity index (χ1v) is 8.02. The summed E-state index contributed by atoms with van der Waals surface area (Å²) in [5, 5.41) is 7.01. The predicted molar refractivity (Wildman–Crippen MR) is 92.1 cm³/mol. The number of nitrogens with zero attached hydrogens (tertiary/aromatic N) is 2. The van der Waals surface area contributed by atoms with E-state index in [1.165, 1.54) is 22.4 Å². The molecule has 0 radical (unpaired) electrons. The van der Waals surface area contributed by atoms with Crippen LogP contribution in [-0.4, -0.2) is 35.4 Å². The van der Waals surface area contributed by atoms with Gasteiger partial charge in [0.15, 0.2) is 0 Å². The van der Waals surface area contributed by atoms with Gasteiger partial charge in [-0.05, 0) is 31.4 Å². The van der Waals surface area contributed by atoms with Crippen LogP contribution in [0.1, 0.15) is 29.4 Å². The van der Waals surface area contributed by atoms with E-state index < -0.39 is 0 Å². The van der Waals surface area contributed by atoms with Crippen LogP contribution in [-0.2, 0) is 17.7 Å². The fourth-order valence-electron chi connectivity index (χ4n) is 2.31. The molecule has 0 bridgehead atoms. The average Bonchev–Trinajstić information content (AvgIpc) is 2.60. The van der Waals surface area contributed by atoms with Crippen molar-refractivity contribution in [1.82, 2.24) is 15.1 Å². The highest BCUT2D eigenvalue weighted by Crippen LogP contribution is 2.05. The van der Waals surface area contributed by atoms with E-state index >= 15 is 0 Å². The van der Waals surface area contributed by atoms with E-state index in [4.69, 9.17) is 4.74 Å². The number of rotatable bonds is 8. The highest BCUT2D eigenvalue weighted by Gasteiger charge is 2.12. The summed E-state index contributed by atoms with van der Waals surface area (Å²) in [5.41, 5.74) is 1.22. The summed E-state index contributed by atoms with van der Waals surface area (Å²) >= 11 is 0. The normalized spacial score (nSPS) is 11.9. The highest BCUT2D eigenvalue weighted by atomic mass is 16.5. The number of methoxy groups -OCH3 is 1. The molecular weight excluding hydrogens is 306 g/mol. The summed E-state index contributed by atoms with van der Waals surface area (Å²) in [4.78, 5) is 24.0. The Balaban J connectivity index is 1.92. The number of carbonyl (C=O) groups is 1. The minimum absolute atomic E-state index is 0.0128. The van der Waals surface area contributed by atoms with Crippen molar-refractivity contribution in [2.75, 3.05) is 13.7 Å². The Morgan fingerprint density at radius 1 is 1.25 bits per heavy atom. The SMILES string of the molecule is COCCn1nc(C(=O)N[C@@H](C)CCc2ccccc2)ccc1=O. The molecule has 2 aromatic rings. The molecule has 1 atom stereocenters. The molecule has 0 saturated heterocycles. The van der Waals surface area contributed by atoms with Crippen molar-refractivity contribution in [2.24, 2.45) is 0 Å². The number of hydrogen-bond acceptors (Lipinski definition) is 4. The van der Waals surface area contributed by atoms with Crippen molar-refractivity contribution < 1.29 is 9.53 Å². The molecule has 1 heterocycles. The molecule has 0 spiro atoms.